The van der Waals surface area contributed by atoms with Gasteiger partial charge in [0.15, 0.2) is 0 Å². The summed E-state index contributed by atoms with van der Waals surface area (Å²) in [4.78, 5) is 20.8. The van der Waals surface area contributed by atoms with Crippen LogP contribution in [0.5, 0.6) is 0 Å². The zero-order valence-electron chi connectivity index (χ0n) is 33.0. The normalized spacial score (nSPS) is 11.4. The SMILES string of the molecule is O=C(O)CCCCCCCCCCCCCCCCCCCCCCCCCCCCCCCCCCCCCCCCNNNNC(=O)O. The number of rotatable bonds is 44. The molecule has 0 radical (unpaired) electrons. The van der Waals surface area contributed by atoms with E-state index >= 15 is 0 Å². The number of carbonyl (C=O) groups is 2. The molecule has 0 fully saturated rings. The number of carboxylic acids is 1. The zero-order chi connectivity index (χ0) is 36.3. The molecule has 0 aromatic carbocycles. The Morgan fingerprint density at radius 3 is 0.740 bits per heavy atom. The van der Waals surface area contributed by atoms with Crippen LogP contribution in [0.25, 0.3) is 0 Å². The van der Waals surface area contributed by atoms with Crippen molar-refractivity contribution < 1.29 is 19.8 Å². The van der Waals surface area contributed by atoms with Crippen molar-refractivity contribution in [2.75, 3.05) is 6.54 Å². The smallest absolute Gasteiger partial charge is 0.420 e. The van der Waals surface area contributed by atoms with Gasteiger partial charge in [-0.2, -0.15) is 11.1 Å². The molecule has 6 N–H and O–H groups in total. The topological polar surface area (TPSA) is 123 Å². The molecule has 8 nitrogen and oxygen atoms in total. The molecule has 0 aliphatic rings. The highest BCUT2D eigenvalue weighted by molar-refractivity contribution is 5.66. The average molecular weight is 711 g/mol. The summed E-state index contributed by atoms with van der Waals surface area (Å²) in [6.45, 7) is 0.822. The van der Waals surface area contributed by atoms with E-state index in [2.05, 4.69) is 16.5 Å². The molecule has 50 heavy (non-hydrogen) atoms. The summed E-state index contributed by atoms with van der Waals surface area (Å²) in [6.07, 6.45) is 51.4. The number of nitrogens with one attached hydrogen (secondary N) is 4. The lowest BCUT2D eigenvalue weighted by molar-refractivity contribution is -0.137. The lowest BCUT2D eigenvalue weighted by Crippen LogP contribution is -2.52. The first-order valence-corrected chi connectivity index (χ1v) is 22.1. The molecule has 0 aliphatic carbocycles. The van der Waals surface area contributed by atoms with Gasteiger partial charge in [0.05, 0.1) is 0 Å². The van der Waals surface area contributed by atoms with Gasteiger partial charge in [0.25, 0.3) is 0 Å². The molecule has 0 saturated carbocycles. The van der Waals surface area contributed by atoms with Gasteiger partial charge in [0.2, 0.25) is 0 Å². The summed E-state index contributed by atoms with van der Waals surface area (Å²) in [5.74, 6) is -0.653. The molecule has 298 valence electrons. The first-order chi connectivity index (χ1) is 24.6. The Kier molecular flexibility index (Phi) is 42.6. The molecular weight excluding hydrogens is 624 g/mol. The van der Waals surface area contributed by atoms with Crippen molar-refractivity contribution in [1.82, 2.24) is 21.9 Å². The van der Waals surface area contributed by atoms with E-state index < -0.39 is 12.1 Å². The minimum absolute atomic E-state index is 0.340. The van der Waals surface area contributed by atoms with Crippen LogP contribution in [0.3, 0.4) is 0 Å². The van der Waals surface area contributed by atoms with Crippen LogP contribution in [0.15, 0.2) is 0 Å². The van der Waals surface area contributed by atoms with Crippen molar-refractivity contribution in [2.24, 2.45) is 0 Å². The number of unbranched alkanes of at least 4 members (excludes halogenated alkanes) is 37. The van der Waals surface area contributed by atoms with E-state index in [1.54, 1.807) is 0 Å². The molecule has 0 aromatic heterocycles. The van der Waals surface area contributed by atoms with Gasteiger partial charge >= 0.3 is 12.1 Å². The number of carboxylic acid groups (broad SMARTS) is 2. The summed E-state index contributed by atoms with van der Waals surface area (Å²) < 4.78 is 0. The largest absolute Gasteiger partial charge is 0.481 e. The number of hydrazine groups is 3. The number of hydrogen-bond acceptors (Lipinski definition) is 5. The van der Waals surface area contributed by atoms with Gasteiger partial charge < -0.3 is 10.2 Å². The molecule has 0 atom stereocenters. The average Bonchev–Trinajstić information content (AvgIpc) is 3.10. The van der Waals surface area contributed by atoms with Crippen molar-refractivity contribution in [1.29, 1.82) is 0 Å². The van der Waals surface area contributed by atoms with E-state index in [1.807, 2.05) is 5.43 Å². The van der Waals surface area contributed by atoms with Crippen LogP contribution < -0.4 is 21.9 Å². The highest BCUT2D eigenvalue weighted by atomic mass is 16.4. The Bertz CT molecular complexity index is 626. The monoisotopic (exact) mass is 711 g/mol. The van der Waals surface area contributed by atoms with Gasteiger partial charge in [-0.25, -0.2) is 15.6 Å². The molecule has 0 saturated heterocycles. The molecule has 0 rings (SSSR count). The molecule has 0 aromatic rings. The van der Waals surface area contributed by atoms with E-state index in [1.165, 1.54) is 225 Å². The van der Waals surface area contributed by atoms with Gasteiger partial charge in [0.1, 0.15) is 0 Å². The second kappa shape index (κ2) is 43.8. The van der Waals surface area contributed by atoms with E-state index in [9.17, 15) is 9.59 Å². The first-order valence-electron chi connectivity index (χ1n) is 22.1. The first kappa shape index (κ1) is 48.6. The second-order valence-corrected chi connectivity index (χ2v) is 15.2. The molecule has 0 unspecified atom stereocenters. The maximum atomic E-state index is 10.5. The zero-order valence-corrected chi connectivity index (χ0v) is 33.0. The Morgan fingerprint density at radius 1 is 0.300 bits per heavy atom. The highest BCUT2D eigenvalue weighted by Gasteiger charge is 1.99. The molecule has 0 spiro atoms. The Hall–Kier alpha value is -1.38. The summed E-state index contributed by atoms with van der Waals surface area (Å²) >= 11 is 0. The fraction of sp³-hybridized carbons (Fsp3) is 0.952. The van der Waals surface area contributed by atoms with Crippen molar-refractivity contribution >= 4 is 12.1 Å². The van der Waals surface area contributed by atoms with Crippen molar-refractivity contribution in [3.05, 3.63) is 0 Å². The second-order valence-electron chi connectivity index (χ2n) is 15.2. The van der Waals surface area contributed by atoms with E-state index in [0.29, 0.717) is 6.42 Å². The number of aliphatic carboxylic acids is 1. The van der Waals surface area contributed by atoms with Crippen LogP contribution in [-0.4, -0.2) is 28.8 Å². The fourth-order valence-corrected chi connectivity index (χ4v) is 7.04. The highest BCUT2D eigenvalue weighted by Crippen LogP contribution is 2.17. The van der Waals surface area contributed by atoms with Crippen LogP contribution in [0.2, 0.25) is 0 Å². The third kappa shape index (κ3) is 46.6. The van der Waals surface area contributed by atoms with Gasteiger partial charge in [-0.15, -0.1) is 0 Å². The third-order valence-electron chi connectivity index (χ3n) is 10.3. The summed E-state index contributed by atoms with van der Waals surface area (Å²) in [5.41, 5.74) is 9.89. The van der Waals surface area contributed by atoms with Crippen LogP contribution in [0, 0.1) is 0 Å². The van der Waals surface area contributed by atoms with Crippen LogP contribution in [0.4, 0.5) is 4.79 Å². The maximum absolute atomic E-state index is 10.5. The van der Waals surface area contributed by atoms with Gasteiger partial charge in [-0.3, -0.25) is 4.79 Å². The minimum Gasteiger partial charge on any atom is -0.481 e. The van der Waals surface area contributed by atoms with E-state index in [0.717, 1.165) is 25.8 Å². The van der Waals surface area contributed by atoms with Gasteiger partial charge in [-0.1, -0.05) is 231 Å². The number of amides is 1. The lowest BCUT2D eigenvalue weighted by Gasteiger charge is -2.07. The van der Waals surface area contributed by atoms with Crippen LogP contribution >= 0.6 is 0 Å². The van der Waals surface area contributed by atoms with Crippen molar-refractivity contribution in [3.8, 4) is 0 Å². The molecule has 8 heteroatoms. The molecule has 0 bridgehead atoms. The minimum atomic E-state index is -1.11. The lowest BCUT2D eigenvalue weighted by atomic mass is 10.0. The Balaban J connectivity index is 3.06. The molecule has 0 aliphatic heterocycles. The summed E-state index contributed by atoms with van der Waals surface area (Å²) in [7, 11) is 0. The summed E-state index contributed by atoms with van der Waals surface area (Å²) in [5, 5.41) is 17.1. The Morgan fingerprint density at radius 2 is 0.520 bits per heavy atom. The van der Waals surface area contributed by atoms with Crippen LogP contribution in [0.1, 0.15) is 250 Å². The number of hydrogen-bond donors (Lipinski definition) is 6. The van der Waals surface area contributed by atoms with Gasteiger partial charge in [0, 0.05) is 13.0 Å². The van der Waals surface area contributed by atoms with Crippen LogP contribution in [-0.2, 0) is 4.79 Å². The third-order valence-corrected chi connectivity index (χ3v) is 10.3. The molecule has 0 heterocycles. The fourth-order valence-electron chi connectivity index (χ4n) is 7.04. The van der Waals surface area contributed by atoms with E-state index in [-0.39, 0.29) is 0 Å². The Labute approximate surface area is 310 Å². The van der Waals surface area contributed by atoms with Gasteiger partial charge in [-0.05, 0) is 12.8 Å². The molecule has 1 amide bonds. The molecular formula is C42H86N4O4. The van der Waals surface area contributed by atoms with E-state index in [4.69, 9.17) is 10.2 Å². The van der Waals surface area contributed by atoms with Crippen molar-refractivity contribution in [2.45, 2.75) is 250 Å². The van der Waals surface area contributed by atoms with Crippen molar-refractivity contribution in [3.63, 3.8) is 0 Å². The standard InChI is InChI=1S/C42H86N4O4/c47-41(48)39-37-35-33-31-29-27-25-23-21-19-17-15-13-11-9-7-5-3-1-2-4-6-8-10-12-14-16-18-20-22-24-26-28-30-32-34-36-38-40-43-45-46-44-42(49)50/h43-46H,1-40H2,(H,47,48)(H,49,50). The predicted molar refractivity (Wildman–Crippen MR) is 213 cm³/mol. The predicted octanol–water partition coefficient (Wildman–Crippen LogP) is 13.1. The maximum Gasteiger partial charge on any atom is 0.420 e. The quantitative estimate of drug-likeness (QED) is 0.0275. The summed E-state index contributed by atoms with van der Waals surface area (Å²) in [6, 6.07) is 0.